The van der Waals surface area contributed by atoms with Crippen molar-refractivity contribution in [1.82, 2.24) is 4.72 Å². The molecule has 0 bridgehead atoms. The van der Waals surface area contributed by atoms with E-state index in [9.17, 15) is 22.8 Å². The smallest absolute Gasteiger partial charge is 0.309 e. The van der Waals surface area contributed by atoms with Gasteiger partial charge in [0.05, 0.1) is 16.7 Å². The fourth-order valence-electron chi connectivity index (χ4n) is 5.23. The number of quaternary nitrogens is 1. The van der Waals surface area contributed by atoms with Crippen LogP contribution in [0.25, 0.3) is 0 Å². The minimum absolute atomic E-state index is 0.125. The van der Waals surface area contributed by atoms with Crippen molar-refractivity contribution in [2.24, 2.45) is 11.8 Å². The van der Waals surface area contributed by atoms with Gasteiger partial charge in [0.15, 0.2) is 0 Å². The van der Waals surface area contributed by atoms with Crippen molar-refractivity contribution in [2.45, 2.75) is 56.7 Å². The number of aryl methyl sites for hydroxylation is 1. The van der Waals surface area contributed by atoms with Crippen LogP contribution in [0.4, 0.5) is 4.39 Å². The number of esters is 1. The lowest BCUT2D eigenvalue weighted by atomic mass is 9.77. The van der Waals surface area contributed by atoms with Crippen LogP contribution < -0.4 is 4.72 Å². The van der Waals surface area contributed by atoms with Crippen LogP contribution in [0.2, 0.25) is 0 Å². The number of carbonyl (C=O) groups excluding carboxylic acids is 1. The monoisotopic (exact) mass is 517 g/mol. The van der Waals surface area contributed by atoms with E-state index in [1.54, 1.807) is 19.1 Å². The number of nitrogens with zero attached hydrogens (tertiary/aromatic N) is 1. The fraction of sp³-hybridized carbons (Fsp3) is 0.444. The first kappa shape index (κ1) is 26.5. The second-order valence-corrected chi connectivity index (χ2v) is 12.4. The van der Waals surface area contributed by atoms with Gasteiger partial charge in [-0.1, -0.05) is 42.5 Å². The van der Waals surface area contributed by atoms with E-state index >= 15 is 0 Å². The summed E-state index contributed by atoms with van der Waals surface area (Å²) in [6, 6.07) is 3.61. The summed E-state index contributed by atoms with van der Waals surface area (Å²) in [4.78, 5) is 12.5. The lowest BCUT2D eigenvalue weighted by Crippen LogP contribution is -2.74. The van der Waals surface area contributed by atoms with Crippen LogP contribution in [-0.2, 0) is 19.6 Å². The molecular weight excluding hydrogens is 483 g/mol. The maximum absolute atomic E-state index is 14.1. The molecule has 1 aliphatic heterocycles. The highest BCUT2D eigenvalue weighted by Gasteiger charge is 2.60. The lowest BCUT2D eigenvalue weighted by Gasteiger charge is -2.52. The molecule has 1 aromatic carbocycles. The molecule has 1 saturated heterocycles. The molecule has 7 nitrogen and oxygen atoms in total. The number of rotatable bonds is 5. The van der Waals surface area contributed by atoms with Gasteiger partial charge in [-0.25, -0.2) is 18.0 Å². The molecular formula is C27H34FN2O5S+. The van der Waals surface area contributed by atoms with E-state index in [0.29, 0.717) is 18.4 Å². The number of ether oxygens (including phenoxy) is 1. The number of hydrogen-bond donors (Lipinski definition) is 2. The molecule has 194 valence electrons. The molecule has 0 spiro atoms. The molecule has 2 atom stereocenters. The largest absolute Gasteiger partial charge is 0.460 e. The van der Waals surface area contributed by atoms with Crippen LogP contribution in [0.5, 0.6) is 0 Å². The van der Waals surface area contributed by atoms with Crippen molar-refractivity contribution in [3.05, 3.63) is 77.7 Å². The minimum Gasteiger partial charge on any atom is -0.460 e. The summed E-state index contributed by atoms with van der Waals surface area (Å²) >= 11 is 0. The number of fused-ring (bicyclic) bond motifs is 1. The van der Waals surface area contributed by atoms with Crippen LogP contribution in [0.1, 0.15) is 39.2 Å². The number of sulfonamides is 1. The summed E-state index contributed by atoms with van der Waals surface area (Å²) in [7, 11) is -4.26. The maximum Gasteiger partial charge on any atom is 0.309 e. The van der Waals surface area contributed by atoms with Crippen molar-refractivity contribution in [1.29, 1.82) is 0 Å². The first-order valence-electron chi connectivity index (χ1n) is 12.1. The molecule has 1 aromatic rings. The summed E-state index contributed by atoms with van der Waals surface area (Å²) in [6.45, 7) is 7.27. The maximum atomic E-state index is 14.1. The number of nitrogens with one attached hydrogen (secondary N) is 1. The summed E-state index contributed by atoms with van der Waals surface area (Å²) in [5, 5.41) is 12.1. The van der Waals surface area contributed by atoms with Gasteiger partial charge >= 0.3 is 5.97 Å². The van der Waals surface area contributed by atoms with Gasteiger partial charge in [-0.2, -0.15) is 4.65 Å². The Morgan fingerprint density at radius 2 is 1.89 bits per heavy atom. The molecule has 4 rings (SSSR count). The standard InChI is InChI=1S/C27H34FN2O5S/c1-19-11-12-22(28)18-24(19)36(33,34)29-27(15-7-9-20-8-5-6-10-23(20)27)30(32)16-13-21(14-17-30)25(31)35-26(2,3)4/h5-12,15,18,21,23,29,32H,13-14,16-17H2,1-4H3/q+1. The first-order chi connectivity index (χ1) is 16.8. The second-order valence-electron chi connectivity index (χ2n) is 10.8. The quantitative estimate of drug-likeness (QED) is 0.449. The van der Waals surface area contributed by atoms with Crippen molar-refractivity contribution in [3.63, 3.8) is 0 Å². The van der Waals surface area contributed by atoms with E-state index in [-0.39, 0.29) is 24.0 Å². The van der Waals surface area contributed by atoms with Crippen LogP contribution in [0.15, 0.2) is 71.2 Å². The summed E-state index contributed by atoms with van der Waals surface area (Å²) < 4.78 is 49.1. The normalized spacial score (nSPS) is 30.0. The molecule has 0 saturated carbocycles. The van der Waals surface area contributed by atoms with Crippen LogP contribution in [-0.4, -0.2) is 48.6 Å². The highest BCUT2D eigenvalue weighted by Crippen LogP contribution is 2.43. The third kappa shape index (κ3) is 4.98. The van der Waals surface area contributed by atoms with Gasteiger partial charge in [0, 0.05) is 12.8 Å². The fourth-order valence-corrected chi connectivity index (χ4v) is 6.89. The van der Waals surface area contributed by atoms with Crippen molar-refractivity contribution < 1.29 is 32.2 Å². The second kappa shape index (κ2) is 9.37. The average Bonchev–Trinajstić information content (AvgIpc) is 2.80. The topological polar surface area (TPSA) is 92.7 Å². The van der Waals surface area contributed by atoms with E-state index in [2.05, 4.69) is 4.72 Å². The molecule has 0 aromatic heterocycles. The molecule has 2 aliphatic carbocycles. The number of allylic oxidation sites excluding steroid dienone is 5. The van der Waals surface area contributed by atoms with Crippen LogP contribution >= 0.6 is 0 Å². The Bertz CT molecular complexity index is 1270. The van der Waals surface area contributed by atoms with Gasteiger partial charge in [-0.3, -0.25) is 4.79 Å². The number of hydroxylamine groups is 3. The van der Waals surface area contributed by atoms with Crippen LogP contribution in [0, 0.1) is 24.6 Å². The third-order valence-corrected chi connectivity index (χ3v) is 8.65. The van der Waals surface area contributed by atoms with Crippen molar-refractivity contribution >= 4 is 16.0 Å². The number of halogens is 1. The Morgan fingerprint density at radius 3 is 2.56 bits per heavy atom. The van der Waals surface area contributed by atoms with E-state index < -0.39 is 43.6 Å². The molecule has 2 N–H and O–H groups in total. The molecule has 0 amide bonds. The Morgan fingerprint density at radius 1 is 1.19 bits per heavy atom. The predicted octanol–water partition coefficient (Wildman–Crippen LogP) is 4.30. The van der Waals surface area contributed by atoms with Gasteiger partial charge in [-0.05, 0) is 57.0 Å². The molecule has 2 unspecified atom stereocenters. The highest BCUT2D eigenvalue weighted by molar-refractivity contribution is 7.89. The summed E-state index contributed by atoms with van der Waals surface area (Å²) in [5.74, 6) is -1.90. The molecule has 36 heavy (non-hydrogen) atoms. The van der Waals surface area contributed by atoms with Gasteiger partial charge < -0.3 is 4.74 Å². The first-order valence-corrected chi connectivity index (χ1v) is 13.6. The average molecular weight is 518 g/mol. The van der Waals surface area contributed by atoms with E-state index in [0.717, 1.165) is 11.6 Å². The zero-order valence-corrected chi connectivity index (χ0v) is 21.9. The third-order valence-electron chi connectivity index (χ3n) is 7.04. The molecule has 1 heterocycles. The Hall–Kier alpha value is -2.59. The number of likely N-dealkylation sites (tertiary alicyclic amines) is 1. The molecule has 3 aliphatic rings. The highest BCUT2D eigenvalue weighted by atomic mass is 32.2. The summed E-state index contributed by atoms with van der Waals surface area (Å²) in [5.41, 5.74) is -0.895. The van der Waals surface area contributed by atoms with E-state index in [1.165, 1.54) is 12.1 Å². The van der Waals surface area contributed by atoms with Gasteiger partial charge in [0.25, 0.3) is 0 Å². The summed E-state index contributed by atoms with van der Waals surface area (Å²) in [6.07, 6.45) is 13.3. The van der Waals surface area contributed by atoms with Gasteiger partial charge in [0.1, 0.15) is 24.5 Å². The van der Waals surface area contributed by atoms with Gasteiger partial charge in [-0.15, -0.1) is 4.72 Å². The number of piperidine rings is 1. The Labute approximate surface area is 212 Å². The van der Waals surface area contributed by atoms with Crippen LogP contribution in [0.3, 0.4) is 0 Å². The minimum atomic E-state index is -4.26. The molecule has 9 heteroatoms. The van der Waals surface area contributed by atoms with Crippen molar-refractivity contribution in [3.8, 4) is 0 Å². The van der Waals surface area contributed by atoms with E-state index in [4.69, 9.17) is 4.74 Å². The predicted molar refractivity (Wildman–Crippen MR) is 134 cm³/mol. The number of benzene rings is 1. The Balaban J connectivity index is 1.72. The Kier molecular flexibility index (Phi) is 6.89. The lowest BCUT2D eigenvalue weighted by molar-refractivity contribution is -1.14. The number of carbonyl (C=O) groups is 1. The molecule has 1 fully saturated rings. The zero-order chi connectivity index (χ0) is 26.4. The number of hydrogen-bond acceptors (Lipinski definition) is 5. The van der Waals surface area contributed by atoms with E-state index in [1.807, 2.05) is 51.2 Å². The zero-order valence-electron chi connectivity index (χ0n) is 21.1. The SMILES string of the molecule is Cc1ccc(F)cc1S(=O)(=O)NC1([N+]2(O)CCC(C(=O)OC(C)(C)C)CC2)C=CC=C2C=CC=CC21. The van der Waals surface area contributed by atoms with Gasteiger partial charge in [0.2, 0.25) is 15.7 Å². The molecule has 0 radical (unpaired) electrons. The van der Waals surface area contributed by atoms with Crippen molar-refractivity contribution in [2.75, 3.05) is 13.1 Å².